The molecule has 0 saturated carbocycles. The minimum atomic E-state index is -3.36. The van der Waals surface area contributed by atoms with E-state index >= 15 is 0 Å². The molecule has 3 rings (SSSR count). The minimum absolute atomic E-state index is 0.126. The van der Waals surface area contributed by atoms with Crippen molar-refractivity contribution in [2.75, 3.05) is 11.6 Å². The molecule has 0 aliphatic carbocycles. The van der Waals surface area contributed by atoms with E-state index in [0.29, 0.717) is 28.3 Å². The fourth-order valence-electron chi connectivity index (χ4n) is 2.51. The van der Waals surface area contributed by atoms with Crippen molar-refractivity contribution < 1.29 is 22.7 Å². The minimum Gasteiger partial charge on any atom is -0.457 e. The molecule has 0 fully saturated rings. The highest BCUT2D eigenvalue weighted by atomic mass is 32.2. The third-order valence-electron chi connectivity index (χ3n) is 4.01. The van der Waals surface area contributed by atoms with Crippen molar-refractivity contribution in [2.24, 2.45) is 5.73 Å². The lowest BCUT2D eigenvalue weighted by molar-refractivity contribution is 0.0997. The van der Waals surface area contributed by atoms with E-state index in [0.717, 1.165) is 6.26 Å². The highest BCUT2D eigenvalue weighted by Crippen LogP contribution is 2.23. The lowest BCUT2D eigenvalue weighted by Crippen LogP contribution is -2.12. The fraction of sp³-hybridized carbons (Fsp3) is 0.0476. The van der Waals surface area contributed by atoms with Crippen molar-refractivity contribution in [3.8, 4) is 11.5 Å². The third-order valence-corrected chi connectivity index (χ3v) is 5.12. The molecule has 0 heterocycles. The zero-order chi connectivity index (χ0) is 21.0. The van der Waals surface area contributed by atoms with Crippen LogP contribution >= 0.6 is 0 Å². The van der Waals surface area contributed by atoms with E-state index in [-0.39, 0.29) is 10.8 Å². The molecule has 0 aliphatic rings. The van der Waals surface area contributed by atoms with Gasteiger partial charge in [0.05, 0.1) is 4.90 Å². The molecule has 3 N–H and O–H groups in total. The van der Waals surface area contributed by atoms with Gasteiger partial charge in [0.2, 0.25) is 5.91 Å². The first-order chi connectivity index (χ1) is 13.7. The number of benzene rings is 3. The second-order valence-corrected chi connectivity index (χ2v) is 8.28. The Kier molecular flexibility index (Phi) is 5.65. The molecule has 0 atom stereocenters. The maximum atomic E-state index is 12.4. The van der Waals surface area contributed by atoms with Crippen molar-refractivity contribution in [1.82, 2.24) is 0 Å². The Morgan fingerprint density at radius 3 is 1.93 bits per heavy atom. The fourth-order valence-corrected chi connectivity index (χ4v) is 3.17. The summed E-state index contributed by atoms with van der Waals surface area (Å²) in [4.78, 5) is 23.6. The van der Waals surface area contributed by atoms with Gasteiger partial charge in [-0.25, -0.2) is 8.42 Å². The third kappa shape index (κ3) is 5.20. The predicted octanol–water partition coefficient (Wildman–Crippen LogP) is 3.23. The maximum Gasteiger partial charge on any atom is 0.255 e. The van der Waals surface area contributed by atoms with Crippen LogP contribution in [0.1, 0.15) is 20.7 Å². The first-order valence-electron chi connectivity index (χ1n) is 8.51. The van der Waals surface area contributed by atoms with E-state index in [4.69, 9.17) is 10.5 Å². The molecule has 2 amide bonds. The smallest absolute Gasteiger partial charge is 0.255 e. The number of nitrogens with two attached hydrogens (primary N) is 1. The number of ether oxygens (including phenoxy) is 1. The Hall–Kier alpha value is -3.65. The molecule has 3 aromatic carbocycles. The standard InChI is InChI=1S/C21H18N2O5S/c1-29(26,27)19-4-2-3-16(13-19)23-21(25)15-7-11-18(12-8-15)28-17-9-5-14(6-10-17)20(22)24/h2-13H,1H3,(H2,22,24)(H,23,25). The first kappa shape index (κ1) is 20.1. The van der Waals surface area contributed by atoms with Crippen molar-refractivity contribution in [3.05, 3.63) is 83.9 Å². The summed E-state index contributed by atoms with van der Waals surface area (Å²) in [6, 6.07) is 18.8. The number of carbonyl (C=O) groups is 2. The summed E-state index contributed by atoms with van der Waals surface area (Å²) >= 11 is 0. The molecule has 0 bridgehead atoms. The van der Waals surface area contributed by atoms with E-state index in [9.17, 15) is 18.0 Å². The average Bonchev–Trinajstić information content (AvgIpc) is 2.68. The molecule has 0 aromatic heterocycles. The number of primary amides is 1. The van der Waals surface area contributed by atoms with Gasteiger partial charge in [0.25, 0.3) is 5.91 Å². The van der Waals surface area contributed by atoms with Crippen LogP contribution in [-0.4, -0.2) is 26.5 Å². The van der Waals surface area contributed by atoms with Crippen molar-refractivity contribution in [2.45, 2.75) is 4.90 Å². The average molecular weight is 410 g/mol. The molecular formula is C21H18N2O5S. The van der Waals surface area contributed by atoms with Gasteiger partial charge in [-0.05, 0) is 66.7 Å². The van der Waals surface area contributed by atoms with Crippen LogP contribution in [0, 0.1) is 0 Å². The number of rotatable bonds is 6. The summed E-state index contributed by atoms with van der Waals surface area (Å²) in [5.41, 5.74) is 6.34. The second-order valence-electron chi connectivity index (χ2n) is 6.27. The van der Waals surface area contributed by atoms with Gasteiger partial charge in [0.1, 0.15) is 11.5 Å². The van der Waals surface area contributed by atoms with E-state index in [1.165, 1.54) is 12.1 Å². The Bertz CT molecular complexity index is 1150. The van der Waals surface area contributed by atoms with Gasteiger partial charge in [0.15, 0.2) is 9.84 Å². The second kappa shape index (κ2) is 8.15. The van der Waals surface area contributed by atoms with E-state index in [1.54, 1.807) is 60.7 Å². The summed E-state index contributed by atoms with van der Waals surface area (Å²) in [6.45, 7) is 0. The largest absolute Gasteiger partial charge is 0.457 e. The lowest BCUT2D eigenvalue weighted by Gasteiger charge is -2.09. The summed E-state index contributed by atoms with van der Waals surface area (Å²) in [5.74, 6) is 0.124. The summed E-state index contributed by atoms with van der Waals surface area (Å²) in [6.07, 6.45) is 1.11. The molecule has 3 aromatic rings. The van der Waals surface area contributed by atoms with Crippen molar-refractivity contribution >= 4 is 27.3 Å². The first-order valence-corrected chi connectivity index (χ1v) is 10.4. The van der Waals surface area contributed by atoms with Gasteiger partial charge in [-0.15, -0.1) is 0 Å². The number of carbonyl (C=O) groups excluding carboxylic acids is 2. The highest BCUT2D eigenvalue weighted by molar-refractivity contribution is 7.90. The van der Waals surface area contributed by atoms with Gasteiger partial charge in [-0.1, -0.05) is 6.07 Å². The Morgan fingerprint density at radius 1 is 0.862 bits per heavy atom. The summed E-state index contributed by atoms with van der Waals surface area (Å²) in [5, 5.41) is 2.67. The zero-order valence-electron chi connectivity index (χ0n) is 15.5. The molecule has 0 radical (unpaired) electrons. The molecule has 29 heavy (non-hydrogen) atoms. The van der Waals surface area contributed by atoms with Crippen LogP contribution in [0.5, 0.6) is 11.5 Å². The van der Waals surface area contributed by atoms with E-state index in [1.807, 2.05) is 0 Å². The number of nitrogens with one attached hydrogen (secondary N) is 1. The van der Waals surface area contributed by atoms with Crippen LogP contribution in [-0.2, 0) is 9.84 Å². The number of anilines is 1. The van der Waals surface area contributed by atoms with E-state index in [2.05, 4.69) is 5.32 Å². The monoisotopic (exact) mass is 410 g/mol. The highest BCUT2D eigenvalue weighted by Gasteiger charge is 2.11. The van der Waals surface area contributed by atoms with Gasteiger partial charge in [-0.2, -0.15) is 0 Å². The molecule has 0 saturated heterocycles. The predicted molar refractivity (Wildman–Crippen MR) is 109 cm³/mol. The SMILES string of the molecule is CS(=O)(=O)c1cccc(NC(=O)c2ccc(Oc3ccc(C(N)=O)cc3)cc2)c1. The number of amides is 2. The lowest BCUT2D eigenvalue weighted by atomic mass is 10.2. The van der Waals surface area contributed by atoms with Crippen molar-refractivity contribution in [1.29, 1.82) is 0 Å². The summed E-state index contributed by atoms with van der Waals surface area (Å²) in [7, 11) is -3.36. The molecule has 0 unspecified atom stereocenters. The normalized spacial score (nSPS) is 10.9. The summed E-state index contributed by atoms with van der Waals surface area (Å²) < 4.78 is 28.9. The van der Waals surface area contributed by atoms with Crippen LogP contribution in [0.4, 0.5) is 5.69 Å². The van der Waals surface area contributed by atoms with Crippen LogP contribution in [0.25, 0.3) is 0 Å². The zero-order valence-corrected chi connectivity index (χ0v) is 16.3. The quantitative estimate of drug-likeness (QED) is 0.647. The van der Waals surface area contributed by atoms with Gasteiger partial charge in [-0.3, -0.25) is 9.59 Å². The number of sulfone groups is 1. The molecule has 148 valence electrons. The molecule has 0 spiro atoms. The molecule has 0 aliphatic heterocycles. The number of hydrogen-bond acceptors (Lipinski definition) is 5. The van der Waals surface area contributed by atoms with Gasteiger partial charge in [0, 0.05) is 23.1 Å². The Morgan fingerprint density at radius 2 is 1.41 bits per heavy atom. The molecule has 7 nitrogen and oxygen atoms in total. The maximum absolute atomic E-state index is 12.4. The Labute approximate surface area is 168 Å². The number of hydrogen-bond donors (Lipinski definition) is 2. The van der Waals surface area contributed by atoms with Crippen molar-refractivity contribution in [3.63, 3.8) is 0 Å². The molecule has 8 heteroatoms. The Balaban J connectivity index is 1.68. The van der Waals surface area contributed by atoms with Crippen LogP contribution < -0.4 is 15.8 Å². The van der Waals surface area contributed by atoms with Gasteiger partial charge >= 0.3 is 0 Å². The van der Waals surface area contributed by atoms with Crippen LogP contribution in [0.15, 0.2) is 77.7 Å². The molecular weight excluding hydrogens is 392 g/mol. The van der Waals surface area contributed by atoms with E-state index < -0.39 is 15.7 Å². The van der Waals surface area contributed by atoms with Crippen LogP contribution in [0.2, 0.25) is 0 Å². The van der Waals surface area contributed by atoms with Crippen LogP contribution in [0.3, 0.4) is 0 Å². The topological polar surface area (TPSA) is 116 Å². The van der Waals surface area contributed by atoms with Gasteiger partial charge < -0.3 is 15.8 Å².